The van der Waals surface area contributed by atoms with Crippen LogP contribution in [0.1, 0.15) is 12.2 Å². The van der Waals surface area contributed by atoms with Crippen LogP contribution in [0.5, 0.6) is 0 Å². The van der Waals surface area contributed by atoms with Crippen molar-refractivity contribution in [2.24, 2.45) is 0 Å². The SMILES string of the molecule is c1cc(CNC2CCNC2)on1. The molecule has 0 saturated carbocycles. The van der Waals surface area contributed by atoms with Gasteiger partial charge in [-0.3, -0.25) is 0 Å². The molecule has 2 heterocycles. The third-order valence-electron chi connectivity index (χ3n) is 2.12. The second-order valence-corrected chi connectivity index (χ2v) is 3.05. The molecule has 1 aromatic rings. The maximum atomic E-state index is 4.96. The van der Waals surface area contributed by atoms with Crippen LogP contribution in [0.15, 0.2) is 16.8 Å². The predicted molar refractivity (Wildman–Crippen MR) is 44.6 cm³/mol. The van der Waals surface area contributed by atoms with Gasteiger partial charge in [-0.25, -0.2) is 0 Å². The van der Waals surface area contributed by atoms with E-state index in [0.717, 1.165) is 25.4 Å². The summed E-state index contributed by atoms with van der Waals surface area (Å²) < 4.78 is 4.96. The van der Waals surface area contributed by atoms with Crippen LogP contribution >= 0.6 is 0 Å². The Labute approximate surface area is 71.3 Å². The Bertz CT molecular complexity index is 216. The maximum absolute atomic E-state index is 4.96. The molecule has 1 aromatic heterocycles. The van der Waals surface area contributed by atoms with E-state index in [2.05, 4.69) is 15.8 Å². The molecular weight excluding hydrogens is 154 g/mol. The molecule has 1 saturated heterocycles. The van der Waals surface area contributed by atoms with Crippen LogP contribution in [-0.2, 0) is 6.54 Å². The first-order valence-corrected chi connectivity index (χ1v) is 4.29. The minimum absolute atomic E-state index is 0.593. The van der Waals surface area contributed by atoms with Gasteiger partial charge in [0.1, 0.15) is 5.76 Å². The van der Waals surface area contributed by atoms with Crippen LogP contribution in [0.3, 0.4) is 0 Å². The van der Waals surface area contributed by atoms with Gasteiger partial charge in [0.2, 0.25) is 0 Å². The first-order chi connectivity index (χ1) is 5.95. The lowest BCUT2D eigenvalue weighted by molar-refractivity contribution is 0.365. The quantitative estimate of drug-likeness (QED) is 0.671. The summed E-state index contributed by atoms with van der Waals surface area (Å²) in [5, 5.41) is 10.3. The first kappa shape index (κ1) is 7.76. The highest BCUT2D eigenvalue weighted by Crippen LogP contribution is 2.00. The van der Waals surface area contributed by atoms with E-state index in [4.69, 9.17) is 4.52 Å². The lowest BCUT2D eigenvalue weighted by Gasteiger charge is -2.08. The molecule has 2 rings (SSSR count). The van der Waals surface area contributed by atoms with Crippen molar-refractivity contribution in [3.8, 4) is 0 Å². The van der Waals surface area contributed by atoms with E-state index < -0.39 is 0 Å². The predicted octanol–water partition coefficient (Wildman–Crippen LogP) is 0.126. The van der Waals surface area contributed by atoms with Gasteiger partial charge >= 0.3 is 0 Å². The van der Waals surface area contributed by atoms with Gasteiger partial charge in [-0.15, -0.1) is 0 Å². The highest BCUT2D eigenvalue weighted by molar-refractivity contribution is 4.93. The van der Waals surface area contributed by atoms with E-state index >= 15 is 0 Å². The van der Waals surface area contributed by atoms with Crippen molar-refractivity contribution in [1.29, 1.82) is 0 Å². The molecule has 2 N–H and O–H groups in total. The highest BCUT2D eigenvalue weighted by atomic mass is 16.5. The number of hydrogen-bond donors (Lipinski definition) is 2. The van der Waals surface area contributed by atoms with Crippen molar-refractivity contribution in [3.63, 3.8) is 0 Å². The molecule has 1 atom stereocenters. The number of hydrogen-bond acceptors (Lipinski definition) is 4. The van der Waals surface area contributed by atoms with Crippen molar-refractivity contribution in [2.45, 2.75) is 19.0 Å². The topological polar surface area (TPSA) is 50.1 Å². The average Bonchev–Trinajstić information content (AvgIpc) is 2.74. The number of nitrogens with zero attached hydrogens (tertiary/aromatic N) is 1. The zero-order chi connectivity index (χ0) is 8.23. The molecule has 66 valence electrons. The molecule has 0 aliphatic carbocycles. The van der Waals surface area contributed by atoms with Crippen LogP contribution < -0.4 is 10.6 Å². The zero-order valence-corrected chi connectivity index (χ0v) is 6.92. The Morgan fingerprint density at radius 2 is 2.75 bits per heavy atom. The smallest absolute Gasteiger partial charge is 0.150 e. The van der Waals surface area contributed by atoms with E-state index in [-0.39, 0.29) is 0 Å². The number of rotatable bonds is 3. The minimum atomic E-state index is 0.593. The lowest BCUT2D eigenvalue weighted by Crippen LogP contribution is -2.30. The summed E-state index contributed by atoms with van der Waals surface area (Å²) in [6.07, 6.45) is 2.87. The molecule has 12 heavy (non-hydrogen) atoms. The van der Waals surface area contributed by atoms with Crippen LogP contribution in [0.4, 0.5) is 0 Å². The molecule has 0 bridgehead atoms. The Morgan fingerprint density at radius 1 is 1.75 bits per heavy atom. The van der Waals surface area contributed by atoms with Crippen molar-refractivity contribution >= 4 is 0 Å². The molecule has 0 aromatic carbocycles. The van der Waals surface area contributed by atoms with Crippen LogP contribution in [0.2, 0.25) is 0 Å². The van der Waals surface area contributed by atoms with Gasteiger partial charge in [0.15, 0.2) is 0 Å². The minimum Gasteiger partial charge on any atom is -0.360 e. The van der Waals surface area contributed by atoms with Crippen LogP contribution in [0.25, 0.3) is 0 Å². The summed E-state index contributed by atoms with van der Waals surface area (Å²) >= 11 is 0. The number of nitrogens with one attached hydrogen (secondary N) is 2. The van der Waals surface area contributed by atoms with E-state index in [1.54, 1.807) is 6.20 Å². The second-order valence-electron chi connectivity index (χ2n) is 3.05. The van der Waals surface area contributed by atoms with Crippen LogP contribution in [0, 0.1) is 0 Å². The van der Waals surface area contributed by atoms with Crippen LogP contribution in [-0.4, -0.2) is 24.3 Å². The zero-order valence-electron chi connectivity index (χ0n) is 6.92. The molecule has 0 amide bonds. The Morgan fingerprint density at radius 3 is 3.42 bits per heavy atom. The summed E-state index contributed by atoms with van der Waals surface area (Å²) in [5.41, 5.74) is 0. The van der Waals surface area contributed by atoms with E-state index in [1.807, 2.05) is 6.07 Å². The molecule has 1 aliphatic heterocycles. The summed E-state index contributed by atoms with van der Waals surface area (Å²) in [5.74, 6) is 0.905. The summed E-state index contributed by atoms with van der Waals surface area (Å²) in [7, 11) is 0. The molecule has 0 spiro atoms. The normalized spacial score (nSPS) is 23.2. The van der Waals surface area contributed by atoms with Crippen molar-refractivity contribution in [1.82, 2.24) is 15.8 Å². The van der Waals surface area contributed by atoms with Crippen molar-refractivity contribution < 1.29 is 4.52 Å². The standard InChI is InChI=1S/C8H13N3O/c1-3-9-5-7(1)10-6-8-2-4-11-12-8/h2,4,7,9-10H,1,3,5-6H2. The third kappa shape index (κ3) is 1.84. The fraction of sp³-hybridized carbons (Fsp3) is 0.625. The Hall–Kier alpha value is -0.870. The maximum Gasteiger partial charge on any atom is 0.150 e. The van der Waals surface area contributed by atoms with Gasteiger partial charge in [0.05, 0.1) is 12.7 Å². The molecule has 4 nitrogen and oxygen atoms in total. The average molecular weight is 167 g/mol. The van der Waals surface area contributed by atoms with Gasteiger partial charge in [0, 0.05) is 18.7 Å². The third-order valence-corrected chi connectivity index (χ3v) is 2.12. The Balaban J connectivity index is 1.74. The summed E-state index contributed by atoms with van der Waals surface area (Å²) in [6, 6.07) is 2.48. The monoisotopic (exact) mass is 167 g/mol. The molecule has 1 fully saturated rings. The van der Waals surface area contributed by atoms with Gasteiger partial charge in [-0.1, -0.05) is 5.16 Å². The molecule has 1 aliphatic rings. The van der Waals surface area contributed by atoms with Gasteiger partial charge in [0.25, 0.3) is 0 Å². The molecule has 1 unspecified atom stereocenters. The van der Waals surface area contributed by atoms with E-state index in [9.17, 15) is 0 Å². The van der Waals surface area contributed by atoms with Gasteiger partial charge in [-0.2, -0.15) is 0 Å². The van der Waals surface area contributed by atoms with E-state index in [0.29, 0.717) is 6.04 Å². The Kier molecular flexibility index (Phi) is 2.39. The second kappa shape index (κ2) is 3.69. The molecular formula is C8H13N3O. The highest BCUT2D eigenvalue weighted by Gasteiger charge is 2.13. The number of aromatic nitrogens is 1. The van der Waals surface area contributed by atoms with Crippen molar-refractivity contribution in [3.05, 3.63) is 18.0 Å². The largest absolute Gasteiger partial charge is 0.360 e. The fourth-order valence-corrected chi connectivity index (χ4v) is 1.41. The van der Waals surface area contributed by atoms with E-state index in [1.165, 1.54) is 6.42 Å². The van der Waals surface area contributed by atoms with Gasteiger partial charge < -0.3 is 15.2 Å². The summed E-state index contributed by atoms with van der Waals surface area (Å²) in [4.78, 5) is 0. The summed E-state index contributed by atoms with van der Waals surface area (Å²) in [6.45, 7) is 2.97. The van der Waals surface area contributed by atoms with Gasteiger partial charge in [-0.05, 0) is 13.0 Å². The lowest BCUT2D eigenvalue weighted by atomic mass is 10.2. The molecule has 0 radical (unpaired) electrons. The fourth-order valence-electron chi connectivity index (χ4n) is 1.41. The first-order valence-electron chi connectivity index (χ1n) is 4.29. The van der Waals surface area contributed by atoms with Crippen molar-refractivity contribution in [2.75, 3.05) is 13.1 Å². The molecule has 4 heteroatoms.